The molecular formula is C26H47N9O5. The van der Waals surface area contributed by atoms with Gasteiger partial charge in [0.15, 0.2) is 0 Å². The van der Waals surface area contributed by atoms with Gasteiger partial charge in [-0.2, -0.15) is 0 Å². The molecule has 0 aromatic carbocycles. The molecule has 1 atom stereocenters. The number of nitrogens with one attached hydrogen (secondary N) is 5. The summed E-state index contributed by atoms with van der Waals surface area (Å²) in [7, 11) is 3.64. The summed E-state index contributed by atoms with van der Waals surface area (Å²) < 4.78 is 0. The maximum absolute atomic E-state index is 12.6. The first kappa shape index (κ1) is 34.9. The Morgan fingerprint density at radius 2 is 1.43 bits per heavy atom. The van der Waals surface area contributed by atoms with Crippen molar-refractivity contribution in [2.45, 2.75) is 31.8 Å². The van der Waals surface area contributed by atoms with E-state index in [1.165, 1.54) is 0 Å². The summed E-state index contributed by atoms with van der Waals surface area (Å²) in [4.78, 5) is 64.3. The first-order valence-corrected chi connectivity index (χ1v) is 13.7. The van der Waals surface area contributed by atoms with E-state index in [-0.39, 0.29) is 36.7 Å². The molecule has 1 aliphatic rings. The third-order valence-corrected chi connectivity index (χ3v) is 6.16. The Labute approximate surface area is 237 Å². The molecule has 226 valence electrons. The van der Waals surface area contributed by atoms with Crippen LogP contribution in [0.15, 0.2) is 23.9 Å². The molecule has 0 fully saturated rings. The Morgan fingerprint density at radius 3 is 1.93 bits per heavy atom. The van der Waals surface area contributed by atoms with E-state index in [2.05, 4.69) is 26.8 Å². The summed E-state index contributed by atoms with van der Waals surface area (Å²) in [5.41, 5.74) is 11.8. The van der Waals surface area contributed by atoms with E-state index < -0.39 is 0 Å². The lowest BCUT2D eigenvalue weighted by atomic mass is 10.1. The van der Waals surface area contributed by atoms with Gasteiger partial charge in [0.2, 0.25) is 11.8 Å². The zero-order valence-electron chi connectivity index (χ0n) is 23.8. The van der Waals surface area contributed by atoms with Crippen LogP contribution in [0.4, 0.5) is 0 Å². The molecule has 0 saturated carbocycles. The van der Waals surface area contributed by atoms with Crippen LogP contribution in [0.3, 0.4) is 0 Å². The van der Waals surface area contributed by atoms with Crippen molar-refractivity contribution in [2.75, 3.05) is 79.5 Å². The molecule has 1 rings (SSSR count). The largest absolute Gasteiger partial charge is 0.360 e. The smallest absolute Gasteiger partial charge is 0.252 e. The Kier molecular flexibility index (Phi) is 18.8. The highest BCUT2D eigenvalue weighted by Crippen LogP contribution is 2.10. The Balaban J connectivity index is 2.42. The van der Waals surface area contributed by atoms with Crippen LogP contribution in [-0.2, 0) is 24.0 Å². The monoisotopic (exact) mass is 565 g/mol. The fraction of sp³-hybridized carbons (Fsp3) is 0.654. The normalized spacial score (nSPS) is 14.7. The second-order valence-corrected chi connectivity index (χ2v) is 9.29. The van der Waals surface area contributed by atoms with Crippen LogP contribution < -0.4 is 32.5 Å². The van der Waals surface area contributed by atoms with Crippen molar-refractivity contribution in [1.82, 2.24) is 41.5 Å². The minimum absolute atomic E-state index is 0.0566. The summed E-state index contributed by atoms with van der Waals surface area (Å²) in [5, 5.41) is 8.48. The Hall–Kier alpha value is -3.17. The molecule has 0 saturated heterocycles. The second-order valence-electron chi connectivity index (χ2n) is 9.29. The molecule has 40 heavy (non-hydrogen) atoms. The average Bonchev–Trinajstić information content (AvgIpc) is 2.95. The number of nitrogens with zero attached hydrogens (tertiary/aromatic N) is 3. The highest BCUT2D eigenvalue weighted by Gasteiger charge is 2.17. The molecule has 1 unspecified atom stereocenters. The number of hydrogen-bond acceptors (Lipinski definition) is 11. The lowest BCUT2D eigenvalue weighted by molar-refractivity contribution is -0.122. The van der Waals surface area contributed by atoms with Crippen molar-refractivity contribution in [1.29, 1.82) is 0 Å². The number of carbonyl (C=O) groups is 5. The van der Waals surface area contributed by atoms with Crippen LogP contribution in [0.5, 0.6) is 0 Å². The third kappa shape index (κ3) is 15.4. The van der Waals surface area contributed by atoms with Gasteiger partial charge in [-0.3, -0.25) is 19.8 Å². The lowest BCUT2D eigenvalue weighted by Gasteiger charge is -2.28. The lowest BCUT2D eigenvalue weighted by Crippen LogP contribution is -2.47. The SMILES string of the molecule is CNNC1C=CC(C(=O)NCCN(CCC=O)CCC(=O)NCCN(CCC=O)CCC(=O)NCCN)=CN1C. The van der Waals surface area contributed by atoms with Crippen molar-refractivity contribution >= 4 is 30.3 Å². The number of hydrazine groups is 1. The van der Waals surface area contributed by atoms with Crippen molar-refractivity contribution in [2.24, 2.45) is 5.73 Å². The molecular weight excluding hydrogens is 518 g/mol. The number of hydrogen-bond donors (Lipinski definition) is 6. The molecule has 3 amide bonds. The minimum Gasteiger partial charge on any atom is -0.360 e. The zero-order chi connectivity index (χ0) is 29.6. The first-order chi connectivity index (χ1) is 19.3. The van der Waals surface area contributed by atoms with Crippen molar-refractivity contribution < 1.29 is 24.0 Å². The molecule has 0 bridgehead atoms. The maximum Gasteiger partial charge on any atom is 0.252 e. The Bertz CT molecular complexity index is 852. The second kappa shape index (κ2) is 21.6. The van der Waals surface area contributed by atoms with E-state index in [0.717, 1.165) is 12.6 Å². The van der Waals surface area contributed by atoms with Gasteiger partial charge in [-0.1, -0.05) is 0 Å². The quantitative estimate of drug-likeness (QED) is 0.0560. The molecule has 0 aromatic heterocycles. The van der Waals surface area contributed by atoms with Gasteiger partial charge >= 0.3 is 0 Å². The van der Waals surface area contributed by atoms with Gasteiger partial charge in [0.05, 0.1) is 5.57 Å². The van der Waals surface area contributed by atoms with Crippen molar-refractivity contribution in [3.05, 3.63) is 23.9 Å². The Morgan fingerprint density at radius 1 is 0.875 bits per heavy atom. The third-order valence-electron chi connectivity index (χ3n) is 6.16. The summed E-state index contributed by atoms with van der Waals surface area (Å²) in [6.07, 6.45) is 8.20. The van der Waals surface area contributed by atoms with Gasteiger partial charge in [0.1, 0.15) is 18.7 Å². The fourth-order valence-corrected chi connectivity index (χ4v) is 3.94. The topological polar surface area (TPSA) is 181 Å². The molecule has 0 aliphatic carbocycles. The van der Waals surface area contributed by atoms with Gasteiger partial charge in [-0.15, -0.1) is 0 Å². The number of likely N-dealkylation sites (N-methyl/N-ethyl adjacent to an activating group) is 1. The highest BCUT2D eigenvalue weighted by molar-refractivity contribution is 5.96. The van der Waals surface area contributed by atoms with Crippen LogP contribution in [-0.4, -0.2) is 131 Å². The number of nitrogens with two attached hydrogens (primary N) is 1. The first-order valence-electron chi connectivity index (χ1n) is 13.7. The fourth-order valence-electron chi connectivity index (χ4n) is 3.94. The average molecular weight is 566 g/mol. The van der Waals surface area contributed by atoms with Crippen molar-refractivity contribution in [3.8, 4) is 0 Å². The van der Waals surface area contributed by atoms with Crippen LogP contribution >= 0.6 is 0 Å². The van der Waals surface area contributed by atoms with Crippen LogP contribution in [0.25, 0.3) is 0 Å². The summed E-state index contributed by atoms with van der Waals surface area (Å²) in [6.45, 7) is 4.46. The zero-order valence-corrected chi connectivity index (χ0v) is 23.8. The number of aldehydes is 2. The minimum atomic E-state index is -0.199. The van der Waals surface area contributed by atoms with Crippen LogP contribution in [0.1, 0.15) is 25.7 Å². The maximum atomic E-state index is 12.6. The molecule has 14 nitrogen and oxygen atoms in total. The molecule has 1 heterocycles. The predicted octanol–water partition coefficient (Wildman–Crippen LogP) is -2.71. The van der Waals surface area contributed by atoms with E-state index in [1.54, 1.807) is 19.3 Å². The van der Waals surface area contributed by atoms with Gasteiger partial charge in [-0.25, -0.2) is 5.43 Å². The molecule has 0 radical (unpaired) electrons. The van der Waals surface area contributed by atoms with E-state index >= 15 is 0 Å². The van der Waals surface area contributed by atoms with Crippen molar-refractivity contribution in [3.63, 3.8) is 0 Å². The predicted molar refractivity (Wildman–Crippen MR) is 153 cm³/mol. The molecule has 7 N–H and O–H groups in total. The van der Waals surface area contributed by atoms with Gasteiger partial charge in [0, 0.05) is 104 Å². The van der Waals surface area contributed by atoms with Gasteiger partial charge in [0.25, 0.3) is 5.91 Å². The highest BCUT2D eigenvalue weighted by atomic mass is 16.2. The van der Waals surface area contributed by atoms with E-state index in [0.29, 0.717) is 83.9 Å². The number of carbonyl (C=O) groups excluding carboxylic acids is 5. The van der Waals surface area contributed by atoms with Crippen LogP contribution in [0, 0.1) is 0 Å². The summed E-state index contributed by atoms with van der Waals surface area (Å²) in [5.74, 6) is -0.441. The summed E-state index contributed by atoms with van der Waals surface area (Å²) in [6, 6.07) is 0. The van der Waals surface area contributed by atoms with Crippen LogP contribution in [0.2, 0.25) is 0 Å². The standard InChI is InChI=1S/C26H47N9O5/c1-28-32-23-6-5-22(21-33(23)2)26(40)31-12-18-35(14-4-20-37)16-8-25(39)30-11-17-34(13-3-19-36)15-7-24(38)29-10-9-27/h5-6,19-21,23,28,32H,3-4,7-18,27H2,1-2H3,(H,29,38)(H,30,39)(H,31,40). The number of amides is 3. The molecule has 0 spiro atoms. The molecule has 1 aliphatic heterocycles. The van der Waals surface area contributed by atoms with Gasteiger partial charge < -0.3 is 46.0 Å². The van der Waals surface area contributed by atoms with E-state index in [4.69, 9.17) is 5.73 Å². The number of rotatable bonds is 23. The van der Waals surface area contributed by atoms with Gasteiger partial charge in [-0.05, 0) is 19.2 Å². The summed E-state index contributed by atoms with van der Waals surface area (Å²) >= 11 is 0. The molecule has 0 aromatic rings. The molecule has 14 heteroatoms. The van der Waals surface area contributed by atoms with E-state index in [9.17, 15) is 24.0 Å². The van der Waals surface area contributed by atoms with E-state index in [1.807, 2.05) is 27.8 Å².